The molecule has 7 nitrogen and oxygen atoms in total. The summed E-state index contributed by atoms with van der Waals surface area (Å²) in [6, 6.07) is 5.94. The third-order valence-corrected chi connectivity index (χ3v) is 5.00. The summed E-state index contributed by atoms with van der Waals surface area (Å²) < 4.78 is 15.9. The van der Waals surface area contributed by atoms with Gasteiger partial charge in [0, 0.05) is 49.3 Å². The second-order valence-corrected chi connectivity index (χ2v) is 7.01. The van der Waals surface area contributed by atoms with Crippen molar-refractivity contribution in [3.8, 4) is 11.3 Å². The van der Waals surface area contributed by atoms with Gasteiger partial charge in [0.2, 0.25) is 0 Å². The number of aryl methyl sites for hydroxylation is 2. The first-order valence-corrected chi connectivity index (χ1v) is 9.61. The lowest BCUT2D eigenvalue weighted by Gasteiger charge is -2.22. The Hall–Kier alpha value is -3.68. The molecule has 0 fully saturated rings. The number of imidazole rings is 1. The number of amides is 1. The number of benzene rings is 1. The zero-order valence-electron chi connectivity index (χ0n) is 17.0. The molecule has 3 aromatic heterocycles. The first kappa shape index (κ1) is 19.6. The van der Waals surface area contributed by atoms with E-state index >= 15 is 0 Å². The normalized spacial score (nSPS) is 11.1. The SMILES string of the molecule is CCN(Cc1nccn1C)C(=O)c1cc(-c2cnc(C)nc2)nc2ccc(F)cc12. The molecule has 152 valence electrons. The number of carbonyl (C=O) groups excluding carboxylic acids is 1. The Kier molecular flexibility index (Phi) is 5.22. The number of aromatic nitrogens is 5. The minimum absolute atomic E-state index is 0.215. The van der Waals surface area contributed by atoms with E-state index in [0.717, 1.165) is 5.82 Å². The van der Waals surface area contributed by atoms with Crippen LogP contribution in [0.3, 0.4) is 0 Å². The summed E-state index contributed by atoms with van der Waals surface area (Å²) in [5.41, 5.74) is 2.16. The molecule has 0 unspecified atom stereocenters. The fraction of sp³-hybridized carbons (Fsp3) is 0.227. The number of halogens is 1. The van der Waals surface area contributed by atoms with E-state index in [-0.39, 0.29) is 5.91 Å². The topological polar surface area (TPSA) is 76.8 Å². The molecular weight excluding hydrogens is 383 g/mol. The molecule has 1 amide bonds. The predicted octanol–water partition coefficient (Wildman–Crippen LogP) is 3.54. The predicted molar refractivity (Wildman–Crippen MR) is 111 cm³/mol. The van der Waals surface area contributed by atoms with E-state index in [4.69, 9.17) is 0 Å². The highest BCUT2D eigenvalue weighted by atomic mass is 19.1. The number of hydrogen-bond acceptors (Lipinski definition) is 5. The van der Waals surface area contributed by atoms with Gasteiger partial charge in [-0.2, -0.15) is 0 Å². The van der Waals surface area contributed by atoms with Crippen molar-refractivity contribution in [3.63, 3.8) is 0 Å². The molecule has 30 heavy (non-hydrogen) atoms. The molecular formula is C22H21FN6O. The van der Waals surface area contributed by atoms with Crippen molar-refractivity contribution in [1.29, 1.82) is 0 Å². The smallest absolute Gasteiger partial charge is 0.255 e. The van der Waals surface area contributed by atoms with Crippen LogP contribution in [0, 0.1) is 12.7 Å². The quantitative estimate of drug-likeness (QED) is 0.509. The largest absolute Gasteiger partial charge is 0.337 e. The van der Waals surface area contributed by atoms with Gasteiger partial charge in [0.1, 0.15) is 17.5 Å². The molecule has 8 heteroatoms. The highest BCUT2D eigenvalue weighted by Gasteiger charge is 2.21. The van der Waals surface area contributed by atoms with Crippen molar-refractivity contribution in [2.24, 2.45) is 7.05 Å². The molecule has 4 aromatic rings. The molecule has 0 aliphatic rings. The number of carbonyl (C=O) groups is 1. The van der Waals surface area contributed by atoms with E-state index in [9.17, 15) is 9.18 Å². The van der Waals surface area contributed by atoms with E-state index in [0.29, 0.717) is 46.6 Å². The number of pyridine rings is 1. The Morgan fingerprint density at radius 1 is 1.17 bits per heavy atom. The van der Waals surface area contributed by atoms with Crippen molar-refractivity contribution in [3.05, 3.63) is 72.1 Å². The van der Waals surface area contributed by atoms with Gasteiger partial charge in [-0.15, -0.1) is 0 Å². The molecule has 0 atom stereocenters. The molecule has 4 rings (SSSR count). The van der Waals surface area contributed by atoms with Crippen LogP contribution in [-0.4, -0.2) is 41.9 Å². The van der Waals surface area contributed by atoms with Crippen LogP contribution in [0.4, 0.5) is 4.39 Å². The lowest BCUT2D eigenvalue weighted by Crippen LogP contribution is -2.31. The van der Waals surface area contributed by atoms with Gasteiger partial charge in [-0.05, 0) is 38.1 Å². The number of rotatable bonds is 5. The van der Waals surface area contributed by atoms with Crippen molar-refractivity contribution in [2.75, 3.05) is 6.54 Å². The van der Waals surface area contributed by atoms with E-state index in [1.54, 1.807) is 42.5 Å². The molecule has 0 bridgehead atoms. The summed E-state index contributed by atoms with van der Waals surface area (Å²) in [7, 11) is 1.88. The maximum Gasteiger partial charge on any atom is 0.255 e. The third kappa shape index (κ3) is 3.76. The second-order valence-electron chi connectivity index (χ2n) is 7.01. The van der Waals surface area contributed by atoms with Gasteiger partial charge in [-0.3, -0.25) is 4.79 Å². The highest BCUT2D eigenvalue weighted by molar-refractivity contribution is 6.07. The Morgan fingerprint density at radius 2 is 1.93 bits per heavy atom. The van der Waals surface area contributed by atoms with E-state index in [1.165, 1.54) is 12.1 Å². The Morgan fingerprint density at radius 3 is 2.60 bits per heavy atom. The Balaban J connectivity index is 1.82. The van der Waals surface area contributed by atoms with Gasteiger partial charge >= 0.3 is 0 Å². The third-order valence-electron chi connectivity index (χ3n) is 5.00. The summed E-state index contributed by atoms with van der Waals surface area (Å²) in [5.74, 6) is 0.775. The average molecular weight is 404 g/mol. The van der Waals surface area contributed by atoms with Crippen LogP contribution in [0.25, 0.3) is 22.2 Å². The minimum Gasteiger partial charge on any atom is -0.337 e. The van der Waals surface area contributed by atoms with Gasteiger partial charge in [-0.25, -0.2) is 24.3 Å². The maximum absolute atomic E-state index is 14.0. The molecule has 0 saturated heterocycles. The van der Waals surface area contributed by atoms with Crippen LogP contribution in [0.1, 0.15) is 28.9 Å². The fourth-order valence-electron chi connectivity index (χ4n) is 3.26. The van der Waals surface area contributed by atoms with E-state index < -0.39 is 5.82 Å². The van der Waals surface area contributed by atoms with Crippen molar-refractivity contribution >= 4 is 16.8 Å². The van der Waals surface area contributed by atoms with Gasteiger partial charge in [-0.1, -0.05) is 0 Å². The van der Waals surface area contributed by atoms with Crippen LogP contribution < -0.4 is 0 Å². The maximum atomic E-state index is 14.0. The van der Waals surface area contributed by atoms with Gasteiger partial charge in [0.15, 0.2) is 0 Å². The van der Waals surface area contributed by atoms with Crippen molar-refractivity contribution in [1.82, 2.24) is 29.4 Å². The molecule has 0 saturated carbocycles. The van der Waals surface area contributed by atoms with E-state index in [1.807, 2.05) is 24.7 Å². The zero-order chi connectivity index (χ0) is 21.3. The Bertz CT molecular complexity index is 1220. The number of hydrogen-bond donors (Lipinski definition) is 0. The first-order chi connectivity index (χ1) is 14.5. The zero-order valence-corrected chi connectivity index (χ0v) is 17.0. The summed E-state index contributed by atoms with van der Waals surface area (Å²) >= 11 is 0. The molecule has 0 spiro atoms. The van der Waals surface area contributed by atoms with Crippen molar-refractivity contribution < 1.29 is 9.18 Å². The number of nitrogens with zero attached hydrogens (tertiary/aromatic N) is 6. The van der Waals surface area contributed by atoms with Crippen LogP contribution in [-0.2, 0) is 13.6 Å². The fourth-order valence-corrected chi connectivity index (χ4v) is 3.26. The molecule has 0 N–H and O–H groups in total. The van der Waals surface area contributed by atoms with E-state index in [2.05, 4.69) is 19.9 Å². The monoisotopic (exact) mass is 404 g/mol. The van der Waals surface area contributed by atoms with Crippen LogP contribution >= 0.6 is 0 Å². The standard InChI is InChI=1S/C22H21FN6O/c1-4-29(13-21-24-7-8-28(21)3)22(30)18-10-20(15-11-25-14(2)26-12-15)27-19-6-5-16(23)9-17(18)19/h5-12H,4,13H2,1-3H3. The molecule has 0 aliphatic carbocycles. The highest BCUT2D eigenvalue weighted by Crippen LogP contribution is 2.26. The second kappa shape index (κ2) is 7.98. The lowest BCUT2D eigenvalue weighted by atomic mass is 10.0. The van der Waals surface area contributed by atoms with Crippen LogP contribution in [0.5, 0.6) is 0 Å². The van der Waals surface area contributed by atoms with Crippen LogP contribution in [0.15, 0.2) is 49.1 Å². The Labute approximate surface area is 173 Å². The van der Waals surface area contributed by atoms with Gasteiger partial charge in [0.25, 0.3) is 5.91 Å². The molecule has 0 radical (unpaired) electrons. The van der Waals surface area contributed by atoms with Gasteiger partial charge < -0.3 is 9.47 Å². The molecule has 1 aromatic carbocycles. The average Bonchev–Trinajstić information content (AvgIpc) is 3.15. The summed E-state index contributed by atoms with van der Waals surface area (Å²) in [6.45, 7) is 4.53. The minimum atomic E-state index is -0.420. The summed E-state index contributed by atoms with van der Waals surface area (Å²) in [6.07, 6.45) is 6.86. The van der Waals surface area contributed by atoms with Crippen LogP contribution in [0.2, 0.25) is 0 Å². The van der Waals surface area contributed by atoms with Crippen molar-refractivity contribution in [2.45, 2.75) is 20.4 Å². The number of fused-ring (bicyclic) bond motifs is 1. The first-order valence-electron chi connectivity index (χ1n) is 9.61. The molecule has 3 heterocycles. The molecule has 0 aliphatic heterocycles. The lowest BCUT2D eigenvalue weighted by molar-refractivity contribution is 0.0749. The summed E-state index contributed by atoms with van der Waals surface area (Å²) in [4.78, 5) is 32.5. The summed E-state index contributed by atoms with van der Waals surface area (Å²) in [5, 5.41) is 0.468. The van der Waals surface area contributed by atoms with Gasteiger partial charge in [0.05, 0.1) is 23.3 Å².